The number of hydrogen-bond acceptors (Lipinski definition) is 5. The van der Waals surface area contributed by atoms with Crippen molar-refractivity contribution in [2.24, 2.45) is 10.4 Å². The second kappa shape index (κ2) is 10.8. The number of aliphatic imine (C=N–C) groups is 1. The largest absolute Gasteiger partial charge is 0.444 e. The lowest BCUT2D eigenvalue weighted by Gasteiger charge is -2.27. The summed E-state index contributed by atoms with van der Waals surface area (Å²) in [7, 11) is 1.74. The molecular weight excluding hydrogens is 471 g/mol. The van der Waals surface area contributed by atoms with Gasteiger partial charge in [0.05, 0.1) is 18.8 Å². The summed E-state index contributed by atoms with van der Waals surface area (Å²) < 4.78 is 11.1. The average molecular weight is 500 g/mol. The number of aryl methyl sites for hydroxylation is 1. The molecule has 1 aliphatic rings. The number of aliphatic hydroxyl groups excluding tert-OH is 1. The van der Waals surface area contributed by atoms with Crippen LogP contribution in [-0.2, 0) is 11.3 Å². The topological polar surface area (TPSA) is 91.9 Å². The minimum Gasteiger partial charge on any atom is -0.444 e. The van der Waals surface area contributed by atoms with E-state index in [1.165, 1.54) is 5.56 Å². The van der Waals surface area contributed by atoms with E-state index in [4.69, 9.17) is 9.15 Å². The molecule has 2 aromatic rings. The summed E-state index contributed by atoms with van der Waals surface area (Å²) in [4.78, 5) is 8.79. The van der Waals surface area contributed by atoms with Gasteiger partial charge in [-0.3, -0.25) is 4.99 Å². The molecule has 0 aliphatic carbocycles. The summed E-state index contributed by atoms with van der Waals surface area (Å²) in [5, 5.41) is 15.9. The van der Waals surface area contributed by atoms with E-state index in [0.29, 0.717) is 31.5 Å². The molecule has 1 aromatic carbocycles. The van der Waals surface area contributed by atoms with Crippen LogP contribution in [0.25, 0.3) is 11.5 Å². The molecule has 0 saturated carbocycles. The van der Waals surface area contributed by atoms with Crippen LogP contribution in [0.4, 0.5) is 0 Å². The van der Waals surface area contributed by atoms with Gasteiger partial charge < -0.3 is 24.9 Å². The Morgan fingerprint density at radius 3 is 2.71 bits per heavy atom. The first-order valence-electron chi connectivity index (χ1n) is 9.29. The highest BCUT2D eigenvalue weighted by Gasteiger charge is 2.34. The van der Waals surface area contributed by atoms with Crippen molar-refractivity contribution in [1.29, 1.82) is 0 Å². The highest BCUT2D eigenvalue weighted by atomic mass is 127. The van der Waals surface area contributed by atoms with Crippen LogP contribution in [0.5, 0.6) is 0 Å². The van der Waals surface area contributed by atoms with Crippen molar-refractivity contribution in [3.63, 3.8) is 0 Å². The number of oxazole rings is 1. The number of guanidine groups is 1. The van der Waals surface area contributed by atoms with Gasteiger partial charge in [-0.15, -0.1) is 24.0 Å². The Balaban J connectivity index is 0.00000280. The average Bonchev–Trinajstić information content (AvgIpc) is 3.33. The molecule has 0 amide bonds. The molecule has 1 unspecified atom stereocenters. The molecule has 8 heteroatoms. The number of ether oxygens (including phenoxy) is 1. The van der Waals surface area contributed by atoms with Crippen molar-refractivity contribution in [3.05, 3.63) is 41.8 Å². The standard InChI is InChI=1S/C20H28N4O3.HI/c1-15-3-5-16(6-4-15)18-24-17(12-27-18)11-22-19(21-2)23-13-20(7-9-25)8-10-26-14-20;/h3-6,12,25H,7-11,13-14H2,1-2H3,(H2,21,22,23);1H. The molecular formula is C20H29IN4O3. The quantitative estimate of drug-likeness (QED) is 0.308. The van der Waals surface area contributed by atoms with Crippen molar-refractivity contribution < 1.29 is 14.3 Å². The lowest BCUT2D eigenvalue weighted by molar-refractivity contribution is 0.127. The van der Waals surface area contributed by atoms with Gasteiger partial charge in [0.2, 0.25) is 5.89 Å². The number of nitrogens with zero attached hydrogens (tertiary/aromatic N) is 2. The molecule has 3 N–H and O–H groups in total. The van der Waals surface area contributed by atoms with E-state index < -0.39 is 0 Å². The number of halogens is 1. The number of aromatic nitrogens is 1. The van der Waals surface area contributed by atoms with Gasteiger partial charge in [0.1, 0.15) is 6.26 Å². The highest BCUT2D eigenvalue weighted by molar-refractivity contribution is 14.0. The lowest BCUT2D eigenvalue weighted by atomic mass is 9.84. The first kappa shape index (κ1) is 22.6. The Morgan fingerprint density at radius 2 is 2.07 bits per heavy atom. The zero-order chi connectivity index (χ0) is 19.1. The van der Waals surface area contributed by atoms with Gasteiger partial charge in [-0.2, -0.15) is 0 Å². The number of rotatable bonds is 7. The number of nitrogens with one attached hydrogen (secondary N) is 2. The fourth-order valence-electron chi connectivity index (χ4n) is 3.19. The Labute approximate surface area is 183 Å². The maximum Gasteiger partial charge on any atom is 0.226 e. The minimum absolute atomic E-state index is 0. The second-order valence-corrected chi connectivity index (χ2v) is 7.07. The number of hydrogen-bond donors (Lipinski definition) is 3. The molecule has 1 atom stereocenters. The van der Waals surface area contributed by atoms with Crippen molar-refractivity contribution in [2.45, 2.75) is 26.3 Å². The molecule has 7 nitrogen and oxygen atoms in total. The molecule has 154 valence electrons. The van der Waals surface area contributed by atoms with E-state index >= 15 is 0 Å². The van der Waals surface area contributed by atoms with Crippen LogP contribution in [0.2, 0.25) is 0 Å². The Hall–Kier alpha value is -1.65. The zero-order valence-electron chi connectivity index (χ0n) is 16.4. The zero-order valence-corrected chi connectivity index (χ0v) is 18.7. The molecule has 1 fully saturated rings. The van der Waals surface area contributed by atoms with Gasteiger partial charge in [0.25, 0.3) is 0 Å². The predicted octanol–water partition coefficient (Wildman–Crippen LogP) is 2.72. The third kappa shape index (κ3) is 5.92. The molecule has 0 radical (unpaired) electrons. The van der Waals surface area contributed by atoms with E-state index in [9.17, 15) is 5.11 Å². The summed E-state index contributed by atoms with van der Waals surface area (Å²) in [5.41, 5.74) is 2.94. The van der Waals surface area contributed by atoms with Crippen molar-refractivity contribution >= 4 is 29.9 Å². The summed E-state index contributed by atoms with van der Waals surface area (Å²) in [5.74, 6) is 1.30. The molecule has 0 spiro atoms. The molecule has 2 heterocycles. The summed E-state index contributed by atoms with van der Waals surface area (Å²) in [6.45, 7) is 4.85. The van der Waals surface area contributed by atoms with Gasteiger partial charge in [-0.05, 0) is 31.9 Å². The highest BCUT2D eigenvalue weighted by Crippen LogP contribution is 2.31. The first-order valence-corrected chi connectivity index (χ1v) is 9.29. The SMILES string of the molecule is CN=C(NCc1coc(-c2ccc(C)cc2)n1)NCC1(CCO)CCOC1.I. The predicted molar refractivity (Wildman–Crippen MR) is 120 cm³/mol. The van der Waals surface area contributed by atoms with Gasteiger partial charge in [0, 0.05) is 37.8 Å². The first-order chi connectivity index (χ1) is 13.1. The van der Waals surface area contributed by atoms with Crippen LogP contribution in [0.3, 0.4) is 0 Å². The molecule has 1 saturated heterocycles. The number of benzene rings is 1. The van der Waals surface area contributed by atoms with Crippen LogP contribution in [-0.4, -0.2) is 49.5 Å². The van der Waals surface area contributed by atoms with E-state index in [0.717, 1.165) is 30.7 Å². The third-order valence-corrected chi connectivity index (χ3v) is 4.97. The van der Waals surface area contributed by atoms with Crippen LogP contribution in [0.1, 0.15) is 24.1 Å². The summed E-state index contributed by atoms with van der Waals surface area (Å²) in [6.07, 6.45) is 3.33. The van der Waals surface area contributed by atoms with Crippen molar-refractivity contribution in [3.8, 4) is 11.5 Å². The third-order valence-electron chi connectivity index (χ3n) is 4.97. The minimum atomic E-state index is -0.0289. The number of aliphatic hydroxyl groups is 1. The van der Waals surface area contributed by atoms with Crippen molar-refractivity contribution in [2.75, 3.05) is 33.4 Å². The van der Waals surface area contributed by atoms with E-state index in [2.05, 4.69) is 27.5 Å². The Morgan fingerprint density at radius 1 is 1.29 bits per heavy atom. The Kier molecular flexibility index (Phi) is 8.71. The maximum absolute atomic E-state index is 9.33. The van der Waals surface area contributed by atoms with Crippen LogP contribution < -0.4 is 10.6 Å². The Bertz CT molecular complexity index is 755. The van der Waals surface area contributed by atoms with Gasteiger partial charge in [-0.25, -0.2) is 4.98 Å². The van der Waals surface area contributed by atoms with Crippen LogP contribution in [0.15, 0.2) is 39.9 Å². The molecule has 28 heavy (non-hydrogen) atoms. The van der Waals surface area contributed by atoms with Gasteiger partial charge in [0.15, 0.2) is 5.96 Å². The maximum atomic E-state index is 9.33. The molecule has 1 aliphatic heterocycles. The van der Waals surface area contributed by atoms with Crippen molar-refractivity contribution in [1.82, 2.24) is 15.6 Å². The normalized spacial score (nSPS) is 19.3. The molecule has 0 bridgehead atoms. The molecule has 3 rings (SSSR count). The van der Waals surface area contributed by atoms with Crippen LogP contribution >= 0.6 is 24.0 Å². The monoisotopic (exact) mass is 500 g/mol. The fourth-order valence-corrected chi connectivity index (χ4v) is 3.19. The fraction of sp³-hybridized carbons (Fsp3) is 0.500. The van der Waals surface area contributed by atoms with Crippen LogP contribution in [0, 0.1) is 12.3 Å². The van der Waals surface area contributed by atoms with Gasteiger partial charge >= 0.3 is 0 Å². The second-order valence-electron chi connectivity index (χ2n) is 7.07. The summed E-state index contributed by atoms with van der Waals surface area (Å²) in [6, 6.07) is 8.09. The van der Waals surface area contributed by atoms with E-state index in [-0.39, 0.29) is 36.0 Å². The van der Waals surface area contributed by atoms with Gasteiger partial charge in [-0.1, -0.05) is 17.7 Å². The lowest BCUT2D eigenvalue weighted by Crippen LogP contribution is -2.44. The van der Waals surface area contributed by atoms with E-state index in [1.807, 2.05) is 24.3 Å². The molecule has 1 aromatic heterocycles. The smallest absolute Gasteiger partial charge is 0.226 e. The van der Waals surface area contributed by atoms with E-state index in [1.54, 1.807) is 13.3 Å². The summed E-state index contributed by atoms with van der Waals surface area (Å²) >= 11 is 0.